The van der Waals surface area contributed by atoms with Crippen LogP contribution in [0.15, 0.2) is 34.1 Å². The summed E-state index contributed by atoms with van der Waals surface area (Å²) in [5.41, 5.74) is 0. The van der Waals surface area contributed by atoms with Crippen LogP contribution in [0.5, 0.6) is 0 Å². The van der Waals surface area contributed by atoms with Crippen LogP contribution in [0.1, 0.15) is 0 Å². The van der Waals surface area contributed by atoms with Gasteiger partial charge in [0.2, 0.25) is 0 Å². The molecule has 1 aromatic rings. The minimum Gasteiger partial charge on any atom is -0.278 e. The third-order valence-corrected chi connectivity index (χ3v) is 4.12. The van der Waals surface area contributed by atoms with E-state index in [2.05, 4.69) is 23.2 Å². The average molecular weight is 367 g/mol. The van der Waals surface area contributed by atoms with Crippen LogP contribution in [0.25, 0.3) is 0 Å². The van der Waals surface area contributed by atoms with Crippen LogP contribution in [0.3, 0.4) is 0 Å². The van der Waals surface area contributed by atoms with Crippen LogP contribution in [-0.4, -0.2) is 21.0 Å². The van der Waals surface area contributed by atoms with E-state index in [0.29, 0.717) is 0 Å². The van der Waals surface area contributed by atoms with Crippen molar-refractivity contribution in [3.05, 3.63) is 24.3 Å². The van der Waals surface area contributed by atoms with E-state index in [-0.39, 0.29) is 33.3 Å². The summed E-state index contributed by atoms with van der Waals surface area (Å²) in [4.78, 5) is 22.1. The largest absolute Gasteiger partial charge is 0.390 e. The van der Waals surface area contributed by atoms with Gasteiger partial charge in [-0.1, -0.05) is 6.07 Å². The predicted octanol–water partition coefficient (Wildman–Crippen LogP) is 4.59. The van der Waals surface area contributed by atoms with Crippen LogP contribution in [0.2, 0.25) is 0 Å². The van der Waals surface area contributed by atoms with E-state index in [9.17, 15) is 27.2 Å². The molecule has 0 fully saturated rings. The molecule has 0 bridgehead atoms. The van der Waals surface area contributed by atoms with Gasteiger partial charge in [0.05, 0.1) is 0 Å². The Morgan fingerprint density at radius 1 is 0.900 bits per heavy atom. The number of alkyl halides is 6. The first-order valence-electron chi connectivity index (χ1n) is 4.68. The number of carbonyl (C=O) groups is 2. The topological polar surface area (TPSA) is 34.1 Å². The summed E-state index contributed by atoms with van der Waals surface area (Å²) in [6.07, 6.45) is 0. The number of carbonyl (C=O) groups excluding carboxylic acids is 2. The van der Waals surface area contributed by atoms with E-state index in [1.54, 1.807) is 0 Å². The van der Waals surface area contributed by atoms with Gasteiger partial charge in [-0.2, -0.15) is 17.6 Å². The van der Waals surface area contributed by atoms with E-state index in [0.717, 1.165) is 6.07 Å². The molecule has 0 heterocycles. The Bertz CT molecular complexity index is 485. The summed E-state index contributed by atoms with van der Waals surface area (Å²) in [5.74, 6) is 0. The Morgan fingerprint density at radius 3 is 1.55 bits per heavy atom. The lowest BCUT2D eigenvalue weighted by Crippen LogP contribution is -2.17. The van der Waals surface area contributed by atoms with E-state index < -0.39 is 21.0 Å². The van der Waals surface area contributed by atoms with Crippen molar-refractivity contribution >= 4 is 57.0 Å². The molecule has 0 N–H and O–H groups in total. The van der Waals surface area contributed by atoms with Crippen molar-refractivity contribution in [3.63, 3.8) is 0 Å². The number of hydrogen-bond donors (Lipinski definition) is 0. The van der Waals surface area contributed by atoms with E-state index in [1.165, 1.54) is 18.2 Å². The summed E-state index contributed by atoms with van der Waals surface area (Å²) < 4.78 is 50.0. The predicted molar refractivity (Wildman–Crippen MR) is 69.8 cm³/mol. The van der Waals surface area contributed by atoms with Crippen LogP contribution in [0, 0.1) is 0 Å². The average Bonchev–Trinajstić information content (AvgIpc) is 2.26. The molecule has 110 valence electrons. The summed E-state index contributed by atoms with van der Waals surface area (Å²) >= 11 is 9.34. The van der Waals surface area contributed by atoms with Crippen molar-refractivity contribution in [2.24, 2.45) is 0 Å². The minimum atomic E-state index is -4.03. The van der Waals surface area contributed by atoms with Gasteiger partial charge in [0, 0.05) is 9.79 Å². The Labute approximate surface area is 129 Å². The van der Waals surface area contributed by atoms with Crippen LogP contribution in [-0.2, 0) is 9.59 Å². The van der Waals surface area contributed by atoms with Gasteiger partial charge in [-0.15, -0.1) is 0 Å². The Balaban J connectivity index is 2.82. The van der Waals surface area contributed by atoms with Crippen LogP contribution < -0.4 is 0 Å². The zero-order chi connectivity index (χ0) is 15.6. The Kier molecular flexibility index (Phi) is 5.77. The fourth-order valence-corrected chi connectivity index (χ4v) is 2.56. The number of hydrogen-bond acceptors (Lipinski definition) is 4. The first-order chi connectivity index (χ1) is 9.00. The van der Waals surface area contributed by atoms with Gasteiger partial charge in [-0.25, -0.2) is 0 Å². The van der Waals surface area contributed by atoms with E-state index >= 15 is 0 Å². The van der Waals surface area contributed by atoms with Gasteiger partial charge in [-0.05, 0) is 64.9 Å². The molecule has 0 spiro atoms. The highest BCUT2D eigenvalue weighted by Gasteiger charge is 2.37. The number of rotatable bonds is 4. The highest BCUT2D eigenvalue weighted by Crippen LogP contribution is 2.35. The highest BCUT2D eigenvalue weighted by molar-refractivity contribution is 8.14. The minimum absolute atomic E-state index is 0.0333. The third-order valence-electron chi connectivity index (χ3n) is 1.69. The maximum Gasteiger partial charge on any atom is 0.390 e. The van der Waals surface area contributed by atoms with E-state index in [4.69, 9.17) is 0 Å². The lowest BCUT2D eigenvalue weighted by Gasteiger charge is -2.08. The lowest BCUT2D eigenvalue weighted by atomic mass is 10.4. The SMILES string of the molecule is O=C(Sc1cccc(SC(=O)C(F)(F)Cl)c1)C(F)(F)Cl. The molecule has 2 nitrogen and oxygen atoms in total. The molecule has 0 aromatic heterocycles. The van der Waals surface area contributed by atoms with Gasteiger partial charge in [0.15, 0.2) is 0 Å². The molecule has 0 amide bonds. The monoisotopic (exact) mass is 366 g/mol. The summed E-state index contributed by atoms with van der Waals surface area (Å²) in [6, 6.07) is 5.01. The number of benzene rings is 1. The molecule has 10 heteroatoms. The van der Waals surface area contributed by atoms with Crippen LogP contribution in [0.4, 0.5) is 17.6 Å². The first-order valence-corrected chi connectivity index (χ1v) is 7.07. The third kappa shape index (κ3) is 5.51. The van der Waals surface area contributed by atoms with Gasteiger partial charge >= 0.3 is 10.8 Å². The normalized spacial score (nSPS) is 12.3. The zero-order valence-electron chi connectivity index (χ0n) is 9.21. The molecule has 1 aromatic carbocycles. The van der Waals surface area contributed by atoms with Gasteiger partial charge in [0.25, 0.3) is 10.2 Å². The van der Waals surface area contributed by atoms with Crippen molar-refractivity contribution in [1.82, 2.24) is 0 Å². The molecule has 0 unspecified atom stereocenters. The molecule has 0 radical (unpaired) electrons. The molecule has 20 heavy (non-hydrogen) atoms. The quantitative estimate of drug-likeness (QED) is 0.443. The summed E-state index contributed by atoms with van der Waals surface area (Å²) in [6.45, 7) is 0. The summed E-state index contributed by atoms with van der Waals surface area (Å²) in [7, 11) is 0. The van der Waals surface area contributed by atoms with Crippen molar-refractivity contribution < 1.29 is 27.2 Å². The Morgan fingerprint density at radius 2 is 1.25 bits per heavy atom. The molecule has 0 aliphatic heterocycles. The number of thioether (sulfide) groups is 2. The second-order valence-corrected chi connectivity index (χ2v) is 6.29. The standard InChI is InChI=1S/C10H4Cl2F4O2S2/c11-9(13,14)7(17)19-5-2-1-3-6(4-5)20-8(18)10(12,15)16/h1-4H. The van der Waals surface area contributed by atoms with Crippen molar-refractivity contribution in [1.29, 1.82) is 0 Å². The zero-order valence-corrected chi connectivity index (χ0v) is 12.4. The van der Waals surface area contributed by atoms with Crippen molar-refractivity contribution in [3.8, 4) is 0 Å². The van der Waals surface area contributed by atoms with Crippen LogP contribution >= 0.6 is 46.7 Å². The molecule has 0 saturated carbocycles. The second kappa shape index (κ2) is 6.55. The molecular weight excluding hydrogens is 363 g/mol. The van der Waals surface area contributed by atoms with Gasteiger partial charge < -0.3 is 0 Å². The fourth-order valence-electron chi connectivity index (χ4n) is 0.931. The van der Waals surface area contributed by atoms with Gasteiger partial charge in [0.1, 0.15) is 0 Å². The maximum atomic E-state index is 12.5. The maximum absolute atomic E-state index is 12.5. The first kappa shape index (κ1) is 17.6. The van der Waals surface area contributed by atoms with Gasteiger partial charge in [-0.3, -0.25) is 9.59 Å². The smallest absolute Gasteiger partial charge is 0.278 e. The number of halogens is 6. The van der Waals surface area contributed by atoms with Crippen molar-refractivity contribution in [2.45, 2.75) is 20.6 Å². The van der Waals surface area contributed by atoms with E-state index in [1.807, 2.05) is 0 Å². The summed E-state index contributed by atoms with van der Waals surface area (Å²) in [5, 5.41) is -11.3. The molecule has 0 aliphatic rings. The molecule has 0 atom stereocenters. The Hall–Kier alpha value is -0.440. The molecule has 0 aliphatic carbocycles. The molecule has 1 rings (SSSR count). The van der Waals surface area contributed by atoms with Crippen molar-refractivity contribution in [2.75, 3.05) is 0 Å². The lowest BCUT2D eigenvalue weighted by molar-refractivity contribution is -0.124. The molecule has 0 saturated heterocycles. The highest BCUT2D eigenvalue weighted by atomic mass is 35.5. The fraction of sp³-hybridized carbons (Fsp3) is 0.200. The second-order valence-electron chi connectivity index (χ2n) is 3.25. The molecular formula is C10H4Cl2F4O2S2.